The second kappa shape index (κ2) is 8.46. The molecule has 0 aliphatic carbocycles. The fourth-order valence-corrected chi connectivity index (χ4v) is 3.60. The molecule has 1 amide bonds. The van der Waals surface area contributed by atoms with Gasteiger partial charge in [0, 0.05) is 51.9 Å². The van der Waals surface area contributed by atoms with Crippen LogP contribution in [0.15, 0.2) is 18.2 Å². The quantitative estimate of drug-likeness (QED) is 0.561. The number of carbonyl (C=O) groups is 1. The molecule has 2 saturated heterocycles. The van der Waals surface area contributed by atoms with Crippen LogP contribution in [0.4, 0.5) is 5.69 Å². The van der Waals surface area contributed by atoms with Crippen molar-refractivity contribution in [3.8, 4) is 5.75 Å². The van der Waals surface area contributed by atoms with Gasteiger partial charge in [-0.3, -0.25) is 24.7 Å². The van der Waals surface area contributed by atoms with Crippen LogP contribution < -0.4 is 4.74 Å². The van der Waals surface area contributed by atoms with Crippen molar-refractivity contribution >= 4 is 11.6 Å². The Bertz CT molecular complexity index is 653. The van der Waals surface area contributed by atoms with E-state index in [0.29, 0.717) is 13.1 Å². The minimum Gasteiger partial charge on any atom is -0.490 e. The summed E-state index contributed by atoms with van der Waals surface area (Å²) in [6.45, 7) is 6.36. The Morgan fingerprint density at radius 1 is 1.12 bits per heavy atom. The lowest BCUT2D eigenvalue weighted by molar-refractivity contribution is -0.385. The smallest absolute Gasteiger partial charge is 0.311 e. The van der Waals surface area contributed by atoms with E-state index in [1.165, 1.54) is 7.11 Å². The number of benzene rings is 1. The molecule has 2 aliphatic heterocycles. The largest absolute Gasteiger partial charge is 0.490 e. The zero-order valence-electron chi connectivity index (χ0n) is 15.2. The van der Waals surface area contributed by atoms with Crippen molar-refractivity contribution in [2.45, 2.75) is 19.4 Å². The Kier molecular flexibility index (Phi) is 6.05. The third-order valence-electron chi connectivity index (χ3n) is 5.13. The van der Waals surface area contributed by atoms with Gasteiger partial charge in [-0.05, 0) is 24.5 Å². The third-order valence-corrected chi connectivity index (χ3v) is 5.13. The Labute approximate surface area is 153 Å². The van der Waals surface area contributed by atoms with Crippen LogP contribution in [0.2, 0.25) is 0 Å². The molecule has 142 valence electrons. The van der Waals surface area contributed by atoms with Crippen molar-refractivity contribution in [3.63, 3.8) is 0 Å². The number of nitrogens with zero attached hydrogens (tertiary/aromatic N) is 4. The number of likely N-dealkylation sites (tertiary alicyclic amines) is 1. The molecule has 26 heavy (non-hydrogen) atoms. The highest BCUT2D eigenvalue weighted by Crippen LogP contribution is 2.28. The number of hydrogen-bond donors (Lipinski definition) is 0. The van der Waals surface area contributed by atoms with E-state index in [1.807, 2.05) is 11.0 Å². The van der Waals surface area contributed by atoms with Crippen LogP contribution >= 0.6 is 0 Å². The summed E-state index contributed by atoms with van der Waals surface area (Å²) in [4.78, 5) is 29.4. The number of rotatable bonds is 6. The summed E-state index contributed by atoms with van der Waals surface area (Å²) < 4.78 is 5.05. The first-order valence-electron chi connectivity index (χ1n) is 9.10. The summed E-state index contributed by atoms with van der Waals surface area (Å²) in [5.74, 6) is 0.519. The van der Waals surface area contributed by atoms with Gasteiger partial charge in [0.2, 0.25) is 5.91 Å². The molecular formula is C18H26N4O4. The second-order valence-corrected chi connectivity index (χ2v) is 6.90. The highest BCUT2D eigenvalue weighted by molar-refractivity contribution is 5.78. The summed E-state index contributed by atoms with van der Waals surface area (Å²) >= 11 is 0. The van der Waals surface area contributed by atoms with Crippen molar-refractivity contribution in [2.24, 2.45) is 0 Å². The highest BCUT2D eigenvalue weighted by atomic mass is 16.6. The maximum absolute atomic E-state index is 12.2. The zero-order valence-corrected chi connectivity index (χ0v) is 15.2. The first-order chi connectivity index (χ1) is 12.6. The van der Waals surface area contributed by atoms with Gasteiger partial charge in [0.1, 0.15) is 0 Å². The van der Waals surface area contributed by atoms with E-state index in [1.54, 1.807) is 12.1 Å². The second-order valence-electron chi connectivity index (χ2n) is 6.90. The molecular weight excluding hydrogens is 336 g/mol. The molecule has 3 rings (SSSR count). The summed E-state index contributed by atoms with van der Waals surface area (Å²) in [6.07, 6.45) is 2.24. The molecule has 0 unspecified atom stereocenters. The predicted molar refractivity (Wildman–Crippen MR) is 97.2 cm³/mol. The first kappa shape index (κ1) is 18.6. The van der Waals surface area contributed by atoms with Crippen molar-refractivity contribution < 1.29 is 14.5 Å². The van der Waals surface area contributed by atoms with E-state index in [-0.39, 0.29) is 17.3 Å². The van der Waals surface area contributed by atoms with Crippen LogP contribution in [0.3, 0.4) is 0 Å². The summed E-state index contributed by atoms with van der Waals surface area (Å²) in [5, 5.41) is 11.1. The normalized spacial score (nSPS) is 18.9. The van der Waals surface area contributed by atoms with Crippen LogP contribution in [0.1, 0.15) is 18.4 Å². The summed E-state index contributed by atoms with van der Waals surface area (Å²) in [7, 11) is 1.44. The Morgan fingerprint density at radius 2 is 1.77 bits per heavy atom. The van der Waals surface area contributed by atoms with Gasteiger partial charge in [0.25, 0.3) is 0 Å². The lowest BCUT2D eigenvalue weighted by Gasteiger charge is -2.35. The van der Waals surface area contributed by atoms with Crippen molar-refractivity contribution in [3.05, 3.63) is 33.9 Å². The van der Waals surface area contributed by atoms with Gasteiger partial charge in [-0.2, -0.15) is 0 Å². The molecule has 2 fully saturated rings. The first-order valence-corrected chi connectivity index (χ1v) is 9.10. The van der Waals surface area contributed by atoms with Gasteiger partial charge < -0.3 is 9.64 Å². The van der Waals surface area contributed by atoms with Crippen LogP contribution in [-0.4, -0.2) is 78.5 Å². The van der Waals surface area contributed by atoms with Gasteiger partial charge in [-0.1, -0.05) is 6.07 Å². The van der Waals surface area contributed by atoms with Crippen molar-refractivity contribution in [2.75, 3.05) is 52.9 Å². The summed E-state index contributed by atoms with van der Waals surface area (Å²) in [6, 6.07) is 5.11. The lowest BCUT2D eigenvalue weighted by atomic mass is 10.1. The number of methoxy groups -OCH3 is 1. The molecule has 0 saturated carbocycles. The van der Waals surface area contributed by atoms with Gasteiger partial charge >= 0.3 is 5.69 Å². The fourth-order valence-electron chi connectivity index (χ4n) is 3.60. The van der Waals surface area contributed by atoms with E-state index in [4.69, 9.17) is 4.74 Å². The molecule has 0 spiro atoms. The van der Waals surface area contributed by atoms with E-state index < -0.39 is 4.92 Å². The number of amides is 1. The number of nitro groups is 1. The molecule has 1 aromatic carbocycles. The topological polar surface area (TPSA) is 79.2 Å². The van der Waals surface area contributed by atoms with Gasteiger partial charge in [-0.25, -0.2) is 0 Å². The monoisotopic (exact) mass is 362 g/mol. The minimum atomic E-state index is -0.412. The van der Waals surface area contributed by atoms with E-state index in [0.717, 1.165) is 57.7 Å². The van der Waals surface area contributed by atoms with Crippen LogP contribution in [0.5, 0.6) is 5.75 Å². The fraction of sp³-hybridized carbons (Fsp3) is 0.611. The van der Waals surface area contributed by atoms with E-state index in [2.05, 4.69) is 9.80 Å². The summed E-state index contributed by atoms with van der Waals surface area (Å²) in [5.41, 5.74) is 0.902. The maximum atomic E-state index is 12.2. The van der Waals surface area contributed by atoms with E-state index >= 15 is 0 Å². The Balaban J connectivity index is 1.50. The van der Waals surface area contributed by atoms with Crippen LogP contribution in [0.25, 0.3) is 0 Å². The molecule has 0 N–H and O–H groups in total. The predicted octanol–water partition coefficient (Wildman–Crippen LogP) is 1.34. The number of carbonyl (C=O) groups excluding carboxylic acids is 1. The van der Waals surface area contributed by atoms with Gasteiger partial charge in [0.15, 0.2) is 5.75 Å². The molecule has 1 aromatic rings. The molecule has 8 nitrogen and oxygen atoms in total. The average Bonchev–Trinajstić information content (AvgIpc) is 3.18. The number of hydrogen-bond acceptors (Lipinski definition) is 6. The van der Waals surface area contributed by atoms with Crippen molar-refractivity contribution in [1.82, 2.24) is 14.7 Å². The Hall–Kier alpha value is -2.19. The van der Waals surface area contributed by atoms with E-state index in [9.17, 15) is 14.9 Å². The maximum Gasteiger partial charge on any atom is 0.311 e. The highest BCUT2D eigenvalue weighted by Gasteiger charge is 2.24. The average molecular weight is 362 g/mol. The zero-order chi connectivity index (χ0) is 18.5. The van der Waals surface area contributed by atoms with Crippen LogP contribution in [0, 0.1) is 10.1 Å². The molecule has 2 aliphatic rings. The standard InChI is InChI=1S/C18H26N4O4/c1-26-17-5-4-15(12-16(17)22(24)25)13-19-8-10-20(11-9-19)14-18(23)21-6-2-3-7-21/h4-5,12H,2-3,6-11,13-14H2,1H3. The van der Waals surface area contributed by atoms with Crippen LogP contribution in [-0.2, 0) is 11.3 Å². The SMILES string of the molecule is COc1ccc(CN2CCN(CC(=O)N3CCCC3)CC2)cc1[N+](=O)[O-]. The van der Waals surface area contributed by atoms with Gasteiger partial charge in [0.05, 0.1) is 18.6 Å². The lowest BCUT2D eigenvalue weighted by Crippen LogP contribution is -2.49. The third kappa shape index (κ3) is 4.50. The Morgan fingerprint density at radius 3 is 2.38 bits per heavy atom. The number of piperazine rings is 1. The number of nitro benzene ring substituents is 1. The molecule has 2 heterocycles. The van der Waals surface area contributed by atoms with Gasteiger partial charge in [-0.15, -0.1) is 0 Å². The number of ether oxygens (including phenoxy) is 1. The minimum absolute atomic E-state index is 0.000143. The molecule has 0 bridgehead atoms. The molecule has 0 atom stereocenters. The van der Waals surface area contributed by atoms with Crippen molar-refractivity contribution in [1.29, 1.82) is 0 Å². The molecule has 8 heteroatoms. The molecule has 0 radical (unpaired) electrons. The molecule has 0 aromatic heterocycles.